The van der Waals surface area contributed by atoms with Gasteiger partial charge in [-0.25, -0.2) is 8.93 Å². The molecule has 0 aromatic heterocycles. The third-order valence-electron chi connectivity index (χ3n) is 5.12. The van der Waals surface area contributed by atoms with Crippen molar-refractivity contribution >= 4 is 33.5 Å². The molecular weight excluding hydrogens is 420 g/mol. The van der Waals surface area contributed by atoms with E-state index < -0.39 is 17.2 Å². The lowest BCUT2D eigenvalue weighted by Crippen LogP contribution is -2.47. The summed E-state index contributed by atoms with van der Waals surface area (Å²) in [6.45, 7) is 6.29. The summed E-state index contributed by atoms with van der Waals surface area (Å²) in [6.07, 6.45) is 0.332. The van der Waals surface area contributed by atoms with E-state index in [9.17, 15) is 9.00 Å². The molecule has 0 aliphatic rings. The highest BCUT2D eigenvalue weighted by atomic mass is 32.2. The minimum atomic E-state index is -1.70. The smallest absolute Gasteiger partial charge is 0.239 e. The monoisotopic (exact) mass is 448 g/mol. The van der Waals surface area contributed by atoms with Gasteiger partial charge >= 0.3 is 0 Å². The van der Waals surface area contributed by atoms with Crippen molar-refractivity contribution in [1.29, 1.82) is 5.26 Å². The molecule has 1 amide bonds. The third-order valence-corrected chi connectivity index (χ3v) is 6.04. The number of nitriles is 1. The topological polar surface area (TPSA) is 94.0 Å². The van der Waals surface area contributed by atoms with Gasteiger partial charge in [0.15, 0.2) is 11.2 Å². The first-order valence-corrected chi connectivity index (χ1v) is 11.6. The highest BCUT2D eigenvalue weighted by molar-refractivity contribution is 7.84. The van der Waals surface area contributed by atoms with E-state index in [1.54, 1.807) is 0 Å². The Morgan fingerprint density at radius 1 is 1.03 bits per heavy atom. The molecule has 3 aromatic rings. The summed E-state index contributed by atoms with van der Waals surface area (Å²) < 4.78 is 18.5. The van der Waals surface area contributed by atoms with Crippen molar-refractivity contribution < 1.29 is 9.00 Å². The summed E-state index contributed by atoms with van der Waals surface area (Å²) in [5, 5.41) is 13.5. The van der Waals surface area contributed by atoms with Crippen molar-refractivity contribution in [2.45, 2.75) is 38.6 Å². The zero-order chi connectivity index (χ0) is 23.1. The molecule has 3 N–H and O–H groups in total. The fourth-order valence-corrected chi connectivity index (χ4v) is 4.20. The zero-order valence-corrected chi connectivity index (χ0v) is 19.3. The number of fused-ring (bicyclic) bond motifs is 1. The SMILES string of the molecule is CC(C)(C)c1ccc(NS(=O)NC(Cc2ccc3ccccc3c2)C(=O)NCC#N)cc1. The molecule has 0 heterocycles. The van der Waals surface area contributed by atoms with Gasteiger partial charge in [-0.3, -0.25) is 9.52 Å². The number of anilines is 1. The van der Waals surface area contributed by atoms with Crippen LogP contribution in [-0.2, 0) is 27.8 Å². The Balaban J connectivity index is 1.72. The number of nitrogens with zero attached hydrogens (tertiary/aromatic N) is 1. The zero-order valence-electron chi connectivity index (χ0n) is 18.5. The Morgan fingerprint density at radius 2 is 1.72 bits per heavy atom. The van der Waals surface area contributed by atoms with Crippen LogP contribution in [0.15, 0.2) is 66.7 Å². The second-order valence-corrected chi connectivity index (χ2v) is 9.61. The predicted molar refractivity (Wildman–Crippen MR) is 130 cm³/mol. The van der Waals surface area contributed by atoms with Crippen LogP contribution in [0, 0.1) is 11.3 Å². The van der Waals surface area contributed by atoms with Crippen molar-refractivity contribution in [3.8, 4) is 6.07 Å². The van der Waals surface area contributed by atoms with Crippen molar-refractivity contribution in [2.75, 3.05) is 11.3 Å². The second-order valence-electron chi connectivity index (χ2n) is 8.63. The molecule has 0 aliphatic heterocycles. The molecule has 0 spiro atoms. The van der Waals surface area contributed by atoms with Crippen LogP contribution >= 0.6 is 0 Å². The van der Waals surface area contributed by atoms with Gasteiger partial charge in [0.05, 0.1) is 6.07 Å². The van der Waals surface area contributed by atoms with Crippen LogP contribution in [0.1, 0.15) is 31.9 Å². The lowest BCUT2D eigenvalue weighted by atomic mass is 9.87. The summed E-state index contributed by atoms with van der Waals surface area (Å²) in [5.41, 5.74) is 2.82. The molecule has 0 radical (unpaired) electrons. The number of rotatable bonds is 8. The van der Waals surface area contributed by atoms with Gasteiger partial charge in [0, 0.05) is 5.69 Å². The first-order chi connectivity index (χ1) is 15.3. The molecule has 0 saturated carbocycles. The van der Waals surface area contributed by atoms with Gasteiger partial charge in [-0.05, 0) is 45.9 Å². The van der Waals surface area contributed by atoms with Gasteiger partial charge in [-0.1, -0.05) is 75.4 Å². The average molecular weight is 449 g/mol. The third kappa shape index (κ3) is 6.39. The molecule has 166 valence electrons. The number of carbonyl (C=O) groups excluding carboxylic acids is 1. The summed E-state index contributed by atoms with van der Waals surface area (Å²) in [5.74, 6) is -0.377. The van der Waals surface area contributed by atoms with E-state index in [2.05, 4.69) is 35.5 Å². The first kappa shape index (κ1) is 23.5. The van der Waals surface area contributed by atoms with Crippen molar-refractivity contribution in [3.05, 3.63) is 77.9 Å². The molecule has 0 bridgehead atoms. The first-order valence-electron chi connectivity index (χ1n) is 10.4. The molecule has 32 heavy (non-hydrogen) atoms. The van der Waals surface area contributed by atoms with E-state index in [1.807, 2.05) is 72.8 Å². The molecule has 7 heteroatoms. The van der Waals surface area contributed by atoms with Crippen LogP contribution in [0.4, 0.5) is 5.69 Å². The Bertz CT molecular complexity index is 1150. The standard InChI is InChI=1S/C25H28N4O2S/c1-25(2,3)21-10-12-22(13-11-21)28-32(31)29-23(24(30)27-15-14-26)17-18-8-9-19-6-4-5-7-20(19)16-18/h4-13,16,23,28-29H,15,17H2,1-3H3,(H,27,30). The second kappa shape index (κ2) is 10.4. The van der Waals surface area contributed by atoms with Gasteiger partial charge in [-0.2, -0.15) is 5.26 Å². The molecule has 2 unspecified atom stereocenters. The van der Waals surface area contributed by atoms with E-state index in [-0.39, 0.29) is 17.9 Å². The van der Waals surface area contributed by atoms with E-state index in [0.29, 0.717) is 12.1 Å². The molecule has 0 aliphatic carbocycles. The lowest BCUT2D eigenvalue weighted by Gasteiger charge is -2.20. The van der Waals surface area contributed by atoms with Crippen LogP contribution in [-0.4, -0.2) is 22.7 Å². The quantitative estimate of drug-likeness (QED) is 0.455. The van der Waals surface area contributed by atoms with Crippen LogP contribution < -0.4 is 14.8 Å². The molecule has 0 saturated heterocycles. The van der Waals surface area contributed by atoms with Crippen molar-refractivity contribution in [2.24, 2.45) is 0 Å². The van der Waals surface area contributed by atoms with E-state index in [4.69, 9.17) is 5.26 Å². The summed E-state index contributed by atoms with van der Waals surface area (Å²) in [4.78, 5) is 12.6. The number of benzene rings is 3. The summed E-state index contributed by atoms with van der Waals surface area (Å²) >= 11 is -1.70. The summed E-state index contributed by atoms with van der Waals surface area (Å²) in [7, 11) is 0. The Labute approximate surface area is 191 Å². The molecule has 2 atom stereocenters. The maximum absolute atomic E-state index is 12.7. The van der Waals surface area contributed by atoms with Gasteiger partial charge in [0.2, 0.25) is 5.91 Å². The fraction of sp³-hybridized carbons (Fsp3) is 0.280. The highest BCUT2D eigenvalue weighted by Gasteiger charge is 2.21. The van der Waals surface area contributed by atoms with E-state index in [0.717, 1.165) is 16.3 Å². The van der Waals surface area contributed by atoms with Crippen LogP contribution in [0.2, 0.25) is 0 Å². The molecular formula is C25H28N4O2S. The molecule has 3 aromatic carbocycles. The Hall–Kier alpha value is -3.21. The Kier molecular flexibility index (Phi) is 7.62. The average Bonchev–Trinajstić information content (AvgIpc) is 2.76. The minimum Gasteiger partial charge on any atom is -0.342 e. The van der Waals surface area contributed by atoms with E-state index >= 15 is 0 Å². The number of hydrogen-bond donors (Lipinski definition) is 3. The summed E-state index contributed by atoms with van der Waals surface area (Å²) in [6, 6.07) is 22.8. The van der Waals surface area contributed by atoms with Crippen LogP contribution in [0.25, 0.3) is 10.8 Å². The highest BCUT2D eigenvalue weighted by Crippen LogP contribution is 2.23. The van der Waals surface area contributed by atoms with Crippen LogP contribution in [0.3, 0.4) is 0 Å². The van der Waals surface area contributed by atoms with Crippen molar-refractivity contribution in [1.82, 2.24) is 10.0 Å². The van der Waals surface area contributed by atoms with E-state index in [1.165, 1.54) is 5.56 Å². The number of hydrogen-bond acceptors (Lipinski definition) is 3. The van der Waals surface area contributed by atoms with Gasteiger partial charge < -0.3 is 5.32 Å². The van der Waals surface area contributed by atoms with Gasteiger partial charge in [-0.15, -0.1) is 0 Å². The molecule has 6 nitrogen and oxygen atoms in total. The minimum absolute atomic E-state index is 0.0275. The van der Waals surface area contributed by atoms with Gasteiger partial charge in [0.1, 0.15) is 12.6 Å². The maximum atomic E-state index is 12.7. The maximum Gasteiger partial charge on any atom is 0.239 e. The number of carbonyl (C=O) groups is 1. The predicted octanol–water partition coefficient (Wildman–Crippen LogP) is 3.97. The van der Waals surface area contributed by atoms with Crippen LogP contribution in [0.5, 0.6) is 0 Å². The lowest BCUT2D eigenvalue weighted by molar-refractivity contribution is -0.122. The number of nitrogens with one attached hydrogen (secondary N) is 3. The fourth-order valence-electron chi connectivity index (χ4n) is 3.34. The van der Waals surface area contributed by atoms with Gasteiger partial charge in [0.25, 0.3) is 0 Å². The molecule has 0 fully saturated rings. The molecule has 3 rings (SSSR count). The Morgan fingerprint density at radius 3 is 2.38 bits per heavy atom. The normalized spacial score (nSPS) is 13.2. The number of amides is 1. The van der Waals surface area contributed by atoms with Crippen molar-refractivity contribution in [3.63, 3.8) is 0 Å². The largest absolute Gasteiger partial charge is 0.342 e.